The highest BCUT2D eigenvalue weighted by Crippen LogP contribution is 2.57. The molecule has 2 heteroatoms. The van der Waals surface area contributed by atoms with E-state index in [0.29, 0.717) is 0 Å². The number of hydrogen-bond donors (Lipinski definition) is 0. The van der Waals surface area contributed by atoms with Crippen LogP contribution < -0.4 is 9.80 Å². The molecular formula is C49H38N2. The Labute approximate surface area is 300 Å². The lowest BCUT2D eigenvalue weighted by Gasteiger charge is -2.44. The van der Waals surface area contributed by atoms with Crippen molar-refractivity contribution in [3.8, 4) is 22.3 Å². The average Bonchev–Trinajstić information content (AvgIpc) is 3.19. The zero-order chi connectivity index (χ0) is 34.4. The molecule has 1 aliphatic heterocycles. The maximum absolute atomic E-state index is 2.53. The Kier molecular flexibility index (Phi) is 7.51. The maximum Gasteiger partial charge on any atom is 0.0618 e. The van der Waals surface area contributed by atoms with Gasteiger partial charge in [0.2, 0.25) is 0 Å². The normalized spacial score (nSPS) is 13.0. The van der Waals surface area contributed by atoms with Crippen molar-refractivity contribution in [2.24, 2.45) is 0 Å². The first-order chi connectivity index (χ1) is 25.1. The van der Waals surface area contributed by atoms with E-state index in [1.165, 1.54) is 61.2 Å². The van der Waals surface area contributed by atoms with Crippen molar-refractivity contribution in [1.29, 1.82) is 0 Å². The first kappa shape index (κ1) is 30.7. The number of rotatable bonds is 6. The van der Waals surface area contributed by atoms with Gasteiger partial charge < -0.3 is 9.80 Å². The Hall–Kier alpha value is -6.38. The van der Waals surface area contributed by atoms with Gasteiger partial charge in [-0.1, -0.05) is 159 Å². The Morgan fingerprint density at radius 3 is 1.67 bits per heavy atom. The molecule has 1 aliphatic rings. The number of para-hydroxylation sites is 3. The van der Waals surface area contributed by atoms with Crippen LogP contribution in [0.4, 0.5) is 34.1 Å². The predicted octanol–water partition coefficient (Wildman–Crippen LogP) is 13.8. The van der Waals surface area contributed by atoms with E-state index in [1.54, 1.807) is 0 Å². The molecule has 0 amide bonds. The molecular weight excluding hydrogens is 617 g/mol. The van der Waals surface area contributed by atoms with Gasteiger partial charge in [-0.3, -0.25) is 0 Å². The van der Waals surface area contributed by atoms with Crippen LogP contribution in [0, 0.1) is 0 Å². The van der Waals surface area contributed by atoms with Crippen molar-refractivity contribution in [2.45, 2.75) is 19.3 Å². The fraction of sp³-hybridized carbons (Fsp3) is 0.0612. The highest BCUT2D eigenvalue weighted by molar-refractivity contribution is 6.08. The van der Waals surface area contributed by atoms with Gasteiger partial charge in [0.15, 0.2) is 0 Å². The van der Waals surface area contributed by atoms with Crippen molar-refractivity contribution >= 4 is 44.9 Å². The second-order valence-corrected chi connectivity index (χ2v) is 13.8. The molecule has 244 valence electrons. The van der Waals surface area contributed by atoms with Crippen molar-refractivity contribution < 1.29 is 0 Å². The zero-order valence-electron chi connectivity index (χ0n) is 28.9. The van der Waals surface area contributed by atoms with Gasteiger partial charge >= 0.3 is 0 Å². The van der Waals surface area contributed by atoms with Gasteiger partial charge in [0.1, 0.15) is 0 Å². The minimum Gasteiger partial charge on any atom is -0.311 e. The quantitative estimate of drug-likeness (QED) is 0.176. The van der Waals surface area contributed by atoms with Crippen molar-refractivity contribution in [3.05, 3.63) is 205 Å². The first-order valence-electron chi connectivity index (χ1n) is 17.7. The second-order valence-electron chi connectivity index (χ2n) is 13.8. The molecule has 0 saturated carbocycles. The highest BCUT2D eigenvalue weighted by Gasteiger charge is 2.39. The van der Waals surface area contributed by atoms with Crippen LogP contribution in [0.3, 0.4) is 0 Å². The molecule has 0 unspecified atom stereocenters. The summed E-state index contributed by atoms with van der Waals surface area (Å²) in [6.07, 6.45) is 0. The standard InChI is InChI=1S/C49H38N2/c1-49(2)44-26-14-15-27-45(44)51(48-42-24-13-12-19-36(42)31-34-43(48)35-17-6-3-7-18-35)46-28-16-25-41(47(46)49)37-29-32-40(33-30-37)50(38-20-8-4-9-21-38)39-22-10-5-11-23-39/h3-34H,1-2H3. The Morgan fingerprint density at radius 1 is 0.412 bits per heavy atom. The number of anilines is 6. The minimum atomic E-state index is -0.255. The molecule has 2 nitrogen and oxygen atoms in total. The highest BCUT2D eigenvalue weighted by atomic mass is 15.2. The smallest absolute Gasteiger partial charge is 0.0618 e. The zero-order valence-corrected chi connectivity index (χ0v) is 28.9. The van der Waals surface area contributed by atoms with Gasteiger partial charge in [0.05, 0.1) is 17.1 Å². The minimum absolute atomic E-state index is 0.255. The molecule has 0 radical (unpaired) electrons. The van der Waals surface area contributed by atoms with Crippen molar-refractivity contribution in [3.63, 3.8) is 0 Å². The molecule has 8 aromatic rings. The third-order valence-corrected chi connectivity index (χ3v) is 10.4. The van der Waals surface area contributed by atoms with E-state index in [1.807, 2.05) is 0 Å². The second kappa shape index (κ2) is 12.5. The van der Waals surface area contributed by atoms with E-state index in [4.69, 9.17) is 0 Å². The van der Waals surface area contributed by atoms with E-state index in [-0.39, 0.29) is 5.41 Å². The fourth-order valence-electron chi connectivity index (χ4n) is 8.06. The van der Waals surface area contributed by atoms with Crippen LogP contribution in [0.1, 0.15) is 25.0 Å². The summed E-state index contributed by atoms with van der Waals surface area (Å²) in [5, 5.41) is 2.46. The van der Waals surface area contributed by atoms with Crippen LogP contribution in [0.2, 0.25) is 0 Å². The summed E-state index contributed by atoms with van der Waals surface area (Å²) in [5.74, 6) is 0. The van der Waals surface area contributed by atoms with Crippen LogP contribution in [0.5, 0.6) is 0 Å². The van der Waals surface area contributed by atoms with Gasteiger partial charge in [-0.05, 0) is 81.7 Å². The van der Waals surface area contributed by atoms with Gasteiger partial charge in [0.25, 0.3) is 0 Å². The van der Waals surface area contributed by atoms with Gasteiger partial charge in [-0.25, -0.2) is 0 Å². The van der Waals surface area contributed by atoms with Gasteiger partial charge in [0, 0.05) is 33.4 Å². The molecule has 8 aromatic carbocycles. The van der Waals surface area contributed by atoms with E-state index in [0.717, 1.165) is 17.1 Å². The summed E-state index contributed by atoms with van der Waals surface area (Å²) in [7, 11) is 0. The van der Waals surface area contributed by atoms with Crippen molar-refractivity contribution in [2.75, 3.05) is 9.80 Å². The van der Waals surface area contributed by atoms with Gasteiger partial charge in [-0.2, -0.15) is 0 Å². The third kappa shape index (κ3) is 5.19. The molecule has 0 spiro atoms. The van der Waals surface area contributed by atoms with E-state index >= 15 is 0 Å². The number of benzene rings is 8. The lowest BCUT2D eigenvalue weighted by Crippen LogP contribution is -2.31. The van der Waals surface area contributed by atoms with Crippen LogP contribution in [-0.2, 0) is 5.41 Å². The third-order valence-electron chi connectivity index (χ3n) is 10.4. The van der Waals surface area contributed by atoms with Gasteiger partial charge in [-0.15, -0.1) is 0 Å². The molecule has 9 rings (SSSR count). The lowest BCUT2D eigenvalue weighted by molar-refractivity contribution is 0.634. The van der Waals surface area contributed by atoms with Crippen LogP contribution >= 0.6 is 0 Å². The molecule has 0 atom stereocenters. The summed E-state index contributed by atoms with van der Waals surface area (Å²) in [6.45, 7) is 4.77. The number of hydrogen-bond acceptors (Lipinski definition) is 2. The number of fused-ring (bicyclic) bond motifs is 3. The monoisotopic (exact) mass is 654 g/mol. The Balaban J connectivity index is 1.25. The molecule has 1 heterocycles. The molecule has 51 heavy (non-hydrogen) atoms. The van der Waals surface area contributed by atoms with E-state index in [2.05, 4.69) is 218 Å². The summed E-state index contributed by atoms with van der Waals surface area (Å²) in [4.78, 5) is 4.85. The SMILES string of the molecule is CC1(C)c2ccccc2N(c2c(-c3ccccc3)ccc3ccccc23)c2cccc(-c3ccc(N(c4ccccc4)c4ccccc4)cc3)c21. The summed E-state index contributed by atoms with van der Waals surface area (Å²) in [6, 6.07) is 70.2. The predicted molar refractivity (Wildman–Crippen MR) is 216 cm³/mol. The van der Waals surface area contributed by atoms with Crippen LogP contribution in [-0.4, -0.2) is 0 Å². The first-order valence-corrected chi connectivity index (χ1v) is 17.7. The molecule has 0 fully saturated rings. The number of nitrogens with zero attached hydrogens (tertiary/aromatic N) is 2. The summed E-state index contributed by atoms with van der Waals surface area (Å²) < 4.78 is 0. The van der Waals surface area contributed by atoms with E-state index < -0.39 is 0 Å². The molecule has 0 N–H and O–H groups in total. The summed E-state index contributed by atoms with van der Waals surface area (Å²) >= 11 is 0. The topological polar surface area (TPSA) is 6.48 Å². The lowest BCUT2D eigenvalue weighted by atomic mass is 9.70. The molecule has 0 aromatic heterocycles. The molecule has 0 aliphatic carbocycles. The Morgan fingerprint density at radius 2 is 0.961 bits per heavy atom. The molecule has 0 saturated heterocycles. The van der Waals surface area contributed by atoms with Crippen LogP contribution in [0.15, 0.2) is 194 Å². The average molecular weight is 655 g/mol. The maximum atomic E-state index is 2.53. The Bertz CT molecular complexity index is 2440. The summed E-state index contributed by atoms with van der Waals surface area (Å²) in [5.41, 5.74) is 14.3. The van der Waals surface area contributed by atoms with Crippen molar-refractivity contribution in [1.82, 2.24) is 0 Å². The molecule has 0 bridgehead atoms. The largest absolute Gasteiger partial charge is 0.311 e. The fourth-order valence-corrected chi connectivity index (χ4v) is 8.06. The van der Waals surface area contributed by atoms with E-state index in [9.17, 15) is 0 Å². The van der Waals surface area contributed by atoms with Crippen LogP contribution in [0.25, 0.3) is 33.0 Å².